The third kappa shape index (κ3) is 2.00. The van der Waals surface area contributed by atoms with Crippen LogP contribution in [-0.4, -0.2) is 0 Å². The van der Waals surface area contributed by atoms with E-state index in [9.17, 15) is 0 Å². The fourth-order valence-corrected chi connectivity index (χ4v) is 2.60. The Kier molecular flexibility index (Phi) is 3.44. The summed E-state index contributed by atoms with van der Waals surface area (Å²) in [5.74, 6) is 0. The highest BCUT2D eigenvalue weighted by atomic mass is 79.9. The first-order valence-electron chi connectivity index (χ1n) is 2.83. The molecule has 0 saturated heterocycles. The molecule has 0 aromatic heterocycles. The summed E-state index contributed by atoms with van der Waals surface area (Å²) in [6.45, 7) is 1.96. The Labute approximate surface area is 95.7 Å². The minimum Gasteiger partial charge on any atom is -0.0828 e. The van der Waals surface area contributed by atoms with Crippen molar-refractivity contribution < 1.29 is 0 Å². The zero-order valence-corrected chi connectivity index (χ0v) is 11.1. The van der Waals surface area contributed by atoms with E-state index in [4.69, 9.17) is 11.6 Å². The smallest absolute Gasteiger partial charge is 0.0589 e. The van der Waals surface area contributed by atoms with E-state index in [-0.39, 0.29) is 0 Å². The SMILES string of the molecule is Cc1cc(Br)c(Br)c(Br)c1Cl. The average molecular weight is 363 g/mol. The van der Waals surface area contributed by atoms with Crippen LogP contribution in [0.5, 0.6) is 0 Å². The summed E-state index contributed by atoms with van der Waals surface area (Å²) < 4.78 is 2.85. The minimum atomic E-state index is 0.750. The van der Waals surface area contributed by atoms with Crippen LogP contribution in [0.25, 0.3) is 0 Å². The molecule has 0 bridgehead atoms. The van der Waals surface area contributed by atoms with Crippen LogP contribution >= 0.6 is 59.4 Å². The summed E-state index contributed by atoms with van der Waals surface area (Å²) in [6.07, 6.45) is 0. The molecule has 0 N–H and O–H groups in total. The molecule has 60 valence electrons. The van der Waals surface area contributed by atoms with Crippen LogP contribution in [-0.2, 0) is 0 Å². The zero-order chi connectivity index (χ0) is 8.59. The van der Waals surface area contributed by atoms with E-state index in [0.29, 0.717) is 0 Å². The molecule has 0 nitrogen and oxygen atoms in total. The lowest BCUT2D eigenvalue weighted by molar-refractivity contribution is 1.40. The number of aryl methyl sites for hydroxylation is 1. The summed E-state index contributed by atoms with van der Waals surface area (Å²) in [6, 6.07) is 1.97. The molecule has 11 heavy (non-hydrogen) atoms. The lowest BCUT2D eigenvalue weighted by Crippen LogP contribution is -1.80. The molecule has 1 aromatic rings. The van der Waals surface area contributed by atoms with E-state index < -0.39 is 0 Å². The molecule has 4 heteroatoms. The first-order chi connectivity index (χ1) is 5.04. The van der Waals surface area contributed by atoms with Crippen molar-refractivity contribution in [1.82, 2.24) is 0 Å². The van der Waals surface area contributed by atoms with E-state index in [1.165, 1.54) is 0 Å². The predicted octanol–water partition coefficient (Wildman–Crippen LogP) is 4.94. The van der Waals surface area contributed by atoms with Crippen LogP contribution in [0.4, 0.5) is 0 Å². The molecule has 0 saturated carbocycles. The van der Waals surface area contributed by atoms with E-state index >= 15 is 0 Å². The maximum absolute atomic E-state index is 5.96. The molecular weight excluding hydrogens is 359 g/mol. The Hall–Kier alpha value is 0.950. The van der Waals surface area contributed by atoms with Crippen molar-refractivity contribution in [3.05, 3.63) is 30.1 Å². The quantitative estimate of drug-likeness (QED) is 0.453. The number of hydrogen-bond acceptors (Lipinski definition) is 0. The van der Waals surface area contributed by atoms with Gasteiger partial charge in [0.15, 0.2) is 0 Å². The Morgan fingerprint density at radius 2 is 1.73 bits per heavy atom. The van der Waals surface area contributed by atoms with Gasteiger partial charge in [-0.05, 0) is 66.3 Å². The molecular formula is C7H4Br3Cl. The van der Waals surface area contributed by atoms with Crippen LogP contribution in [0, 0.1) is 6.92 Å². The van der Waals surface area contributed by atoms with Gasteiger partial charge < -0.3 is 0 Å². The highest BCUT2D eigenvalue weighted by molar-refractivity contribution is 9.14. The second-order valence-corrected chi connectivity index (χ2v) is 4.94. The monoisotopic (exact) mass is 360 g/mol. The minimum absolute atomic E-state index is 0.750. The van der Waals surface area contributed by atoms with Gasteiger partial charge in [-0.25, -0.2) is 0 Å². The normalized spacial score (nSPS) is 10.3. The van der Waals surface area contributed by atoms with Crippen molar-refractivity contribution in [1.29, 1.82) is 0 Å². The van der Waals surface area contributed by atoms with Gasteiger partial charge in [-0.1, -0.05) is 11.6 Å². The lowest BCUT2D eigenvalue weighted by Gasteiger charge is -2.04. The highest BCUT2D eigenvalue weighted by Gasteiger charge is 2.08. The van der Waals surface area contributed by atoms with Gasteiger partial charge in [-0.15, -0.1) is 0 Å². The van der Waals surface area contributed by atoms with E-state index in [1.807, 2.05) is 13.0 Å². The molecule has 1 rings (SSSR count). The first kappa shape index (κ1) is 10.0. The van der Waals surface area contributed by atoms with Gasteiger partial charge in [0.2, 0.25) is 0 Å². The second kappa shape index (κ2) is 3.77. The second-order valence-electron chi connectivity index (χ2n) is 2.12. The maximum Gasteiger partial charge on any atom is 0.0589 e. The average Bonchev–Trinajstić information content (AvgIpc) is 1.97. The van der Waals surface area contributed by atoms with Crippen LogP contribution in [0.15, 0.2) is 19.5 Å². The van der Waals surface area contributed by atoms with Crippen LogP contribution < -0.4 is 0 Å². The Bertz CT molecular complexity index is 270. The van der Waals surface area contributed by atoms with Crippen LogP contribution in [0.3, 0.4) is 0 Å². The third-order valence-electron chi connectivity index (χ3n) is 1.28. The van der Waals surface area contributed by atoms with Crippen molar-refractivity contribution in [3.8, 4) is 0 Å². The number of hydrogen-bond donors (Lipinski definition) is 0. The summed E-state index contributed by atoms with van der Waals surface area (Å²) in [5, 5.41) is 0.750. The first-order valence-corrected chi connectivity index (χ1v) is 5.59. The topological polar surface area (TPSA) is 0 Å². The van der Waals surface area contributed by atoms with Gasteiger partial charge in [0.05, 0.1) is 9.50 Å². The summed E-state index contributed by atoms with van der Waals surface area (Å²) in [5.41, 5.74) is 1.05. The predicted molar refractivity (Wildman–Crippen MR) is 59.3 cm³/mol. The largest absolute Gasteiger partial charge is 0.0828 e. The maximum atomic E-state index is 5.96. The molecule has 0 aliphatic rings. The van der Waals surface area contributed by atoms with Gasteiger partial charge in [-0.3, -0.25) is 0 Å². The lowest BCUT2D eigenvalue weighted by atomic mass is 10.2. The summed E-state index contributed by atoms with van der Waals surface area (Å²) >= 11 is 16.1. The fourth-order valence-electron chi connectivity index (χ4n) is 0.691. The van der Waals surface area contributed by atoms with Gasteiger partial charge in [0.1, 0.15) is 0 Å². The molecule has 1 aromatic carbocycles. The van der Waals surface area contributed by atoms with Crippen molar-refractivity contribution in [2.24, 2.45) is 0 Å². The molecule has 0 fully saturated rings. The molecule has 0 aliphatic heterocycles. The van der Waals surface area contributed by atoms with Crippen molar-refractivity contribution in [3.63, 3.8) is 0 Å². The summed E-state index contributed by atoms with van der Waals surface area (Å²) in [4.78, 5) is 0. The molecule has 0 aliphatic carbocycles. The molecule has 0 amide bonds. The van der Waals surface area contributed by atoms with E-state index in [1.54, 1.807) is 0 Å². The number of halogens is 4. The highest BCUT2D eigenvalue weighted by Crippen LogP contribution is 2.38. The van der Waals surface area contributed by atoms with Crippen molar-refractivity contribution in [2.45, 2.75) is 6.92 Å². The third-order valence-corrected chi connectivity index (χ3v) is 5.31. The Balaban J connectivity index is 3.46. The molecule has 0 atom stereocenters. The molecule has 0 heterocycles. The number of rotatable bonds is 0. The van der Waals surface area contributed by atoms with Gasteiger partial charge in [0, 0.05) is 8.95 Å². The Morgan fingerprint density at radius 1 is 1.18 bits per heavy atom. The summed E-state index contributed by atoms with van der Waals surface area (Å²) in [7, 11) is 0. The van der Waals surface area contributed by atoms with Gasteiger partial charge in [-0.2, -0.15) is 0 Å². The zero-order valence-electron chi connectivity index (χ0n) is 5.59. The van der Waals surface area contributed by atoms with E-state index in [0.717, 1.165) is 24.0 Å². The van der Waals surface area contributed by atoms with Crippen molar-refractivity contribution in [2.75, 3.05) is 0 Å². The standard InChI is InChI=1S/C7H4Br3Cl/c1-3-2-4(8)5(9)6(10)7(3)11/h2H,1H3. The van der Waals surface area contributed by atoms with E-state index in [2.05, 4.69) is 47.8 Å². The van der Waals surface area contributed by atoms with Gasteiger partial charge in [0.25, 0.3) is 0 Å². The molecule has 0 spiro atoms. The number of benzene rings is 1. The van der Waals surface area contributed by atoms with Crippen LogP contribution in [0.1, 0.15) is 5.56 Å². The molecule has 0 unspecified atom stereocenters. The Morgan fingerprint density at radius 3 is 2.27 bits per heavy atom. The van der Waals surface area contributed by atoms with Gasteiger partial charge >= 0.3 is 0 Å². The van der Waals surface area contributed by atoms with Crippen LogP contribution in [0.2, 0.25) is 5.02 Å². The van der Waals surface area contributed by atoms with Crippen molar-refractivity contribution >= 4 is 59.4 Å². The fraction of sp³-hybridized carbons (Fsp3) is 0.143. The molecule has 0 radical (unpaired) electrons.